The summed E-state index contributed by atoms with van der Waals surface area (Å²) in [7, 11) is 0. The standard InChI is InChI=1S/C22H22F5N9O/c1-11-29-15-3-2-14(30-19(15)35(11)10-22(25,26)27)13-4-5-36-17(13)18(28)32-20(33-36)31-16-6-34(9-21(16,23)24)12-7-37-8-12/h2-5,12,16H,6-10H2,1H3,(H3,28,31,32,33)/t16-/m1/s1. The molecule has 4 aromatic rings. The van der Waals surface area contributed by atoms with E-state index in [2.05, 4.69) is 25.4 Å². The van der Waals surface area contributed by atoms with Gasteiger partial charge in [-0.2, -0.15) is 18.2 Å². The number of hydrogen-bond donors (Lipinski definition) is 2. The normalized spacial score (nSPS) is 20.6. The summed E-state index contributed by atoms with van der Waals surface area (Å²) in [6.45, 7) is 0.839. The number of imidazole rings is 1. The number of hydrogen-bond acceptors (Lipinski definition) is 8. The first-order chi connectivity index (χ1) is 17.5. The number of ether oxygens (including phenoxy) is 1. The van der Waals surface area contributed by atoms with Gasteiger partial charge in [-0.05, 0) is 25.1 Å². The average Bonchev–Trinajstić information content (AvgIpc) is 3.40. The van der Waals surface area contributed by atoms with E-state index in [0.717, 1.165) is 4.57 Å². The summed E-state index contributed by atoms with van der Waals surface area (Å²) in [6.07, 6.45) is -2.89. The van der Waals surface area contributed by atoms with Crippen LogP contribution in [0.3, 0.4) is 0 Å². The maximum absolute atomic E-state index is 14.6. The van der Waals surface area contributed by atoms with Crippen LogP contribution in [0.15, 0.2) is 24.4 Å². The minimum atomic E-state index is -4.45. The third-order valence-corrected chi connectivity index (χ3v) is 6.72. The van der Waals surface area contributed by atoms with E-state index in [1.54, 1.807) is 29.3 Å². The summed E-state index contributed by atoms with van der Waals surface area (Å²) in [4.78, 5) is 14.5. The second kappa shape index (κ2) is 8.21. The van der Waals surface area contributed by atoms with E-state index < -0.39 is 24.7 Å². The van der Waals surface area contributed by atoms with Crippen LogP contribution < -0.4 is 11.1 Å². The Morgan fingerprint density at radius 2 is 1.95 bits per heavy atom. The number of nitrogens with one attached hydrogen (secondary N) is 1. The van der Waals surface area contributed by atoms with Crippen LogP contribution in [0.25, 0.3) is 27.9 Å². The number of aromatic nitrogens is 6. The van der Waals surface area contributed by atoms with E-state index in [4.69, 9.17) is 10.5 Å². The number of nitrogen functional groups attached to an aromatic ring is 1. The van der Waals surface area contributed by atoms with Crippen LogP contribution in [-0.2, 0) is 11.3 Å². The Hall–Kier alpha value is -3.59. The first-order valence-corrected chi connectivity index (χ1v) is 11.5. The minimum Gasteiger partial charge on any atom is -0.382 e. The van der Waals surface area contributed by atoms with Crippen molar-refractivity contribution in [2.75, 3.05) is 37.4 Å². The van der Waals surface area contributed by atoms with Gasteiger partial charge in [-0.3, -0.25) is 4.90 Å². The molecule has 2 saturated heterocycles. The molecule has 0 amide bonds. The molecule has 6 heterocycles. The second-order valence-electron chi connectivity index (χ2n) is 9.32. The predicted molar refractivity (Wildman–Crippen MR) is 123 cm³/mol. The minimum absolute atomic E-state index is 0.00457. The molecular weight excluding hydrogens is 501 g/mol. The highest BCUT2D eigenvalue weighted by Crippen LogP contribution is 2.34. The topological polar surface area (TPSA) is 111 Å². The van der Waals surface area contributed by atoms with E-state index in [9.17, 15) is 22.0 Å². The van der Waals surface area contributed by atoms with Crippen LogP contribution in [0.1, 0.15) is 5.82 Å². The smallest absolute Gasteiger partial charge is 0.382 e. The SMILES string of the molecule is Cc1nc2ccc(-c3ccn4nc(N[C@@H]5CN(C6COC6)CC5(F)F)nc(N)c34)nc2n1CC(F)(F)F. The van der Waals surface area contributed by atoms with Gasteiger partial charge in [-0.1, -0.05) is 0 Å². The first-order valence-electron chi connectivity index (χ1n) is 11.5. The molecule has 0 saturated carbocycles. The molecule has 1 atom stereocenters. The summed E-state index contributed by atoms with van der Waals surface area (Å²) >= 11 is 0. The highest BCUT2D eigenvalue weighted by Gasteiger charge is 2.51. The van der Waals surface area contributed by atoms with Crippen molar-refractivity contribution in [3.63, 3.8) is 0 Å². The van der Waals surface area contributed by atoms with Gasteiger partial charge in [-0.15, -0.1) is 5.10 Å². The van der Waals surface area contributed by atoms with Crippen LogP contribution in [-0.4, -0.2) is 84.5 Å². The number of halogens is 5. The summed E-state index contributed by atoms with van der Waals surface area (Å²) < 4.78 is 76.1. The molecule has 3 N–H and O–H groups in total. The fraction of sp³-hybridized carbons (Fsp3) is 0.455. The number of likely N-dealkylation sites (tertiary alicyclic amines) is 1. The number of fused-ring (bicyclic) bond motifs is 2. The first kappa shape index (κ1) is 23.8. The van der Waals surface area contributed by atoms with Crippen LogP contribution >= 0.6 is 0 Å². The zero-order chi connectivity index (χ0) is 26.1. The molecule has 10 nitrogen and oxygen atoms in total. The van der Waals surface area contributed by atoms with Gasteiger partial charge in [0.05, 0.1) is 31.5 Å². The van der Waals surface area contributed by atoms with E-state index in [0.29, 0.717) is 35.5 Å². The van der Waals surface area contributed by atoms with Gasteiger partial charge >= 0.3 is 6.18 Å². The van der Waals surface area contributed by atoms with Gasteiger partial charge < -0.3 is 20.4 Å². The lowest BCUT2D eigenvalue weighted by Crippen LogP contribution is -2.48. The number of alkyl halides is 5. The van der Waals surface area contributed by atoms with E-state index in [-0.39, 0.29) is 42.4 Å². The van der Waals surface area contributed by atoms with Gasteiger partial charge in [0, 0.05) is 18.3 Å². The van der Waals surface area contributed by atoms with Crippen LogP contribution in [0, 0.1) is 6.92 Å². The molecule has 0 aliphatic carbocycles. The summed E-state index contributed by atoms with van der Waals surface area (Å²) in [5, 5.41) is 7.00. The fourth-order valence-corrected chi connectivity index (χ4v) is 4.79. The van der Waals surface area contributed by atoms with Crippen molar-refractivity contribution >= 4 is 28.4 Å². The van der Waals surface area contributed by atoms with Gasteiger partial charge in [0.1, 0.15) is 29.4 Å². The molecule has 37 heavy (non-hydrogen) atoms. The van der Waals surface area contributed by atoms with Gasteiger partial charge in [-0.25, -0.2) is 23.3 Å². The molecule has 15 heteroatoms. The Morgan fingerprint density at radius 1 is 1.16 bits per heavy atom. The largest absolute Gasteiger partial charge is 0.406 e. The molecule has 0 spiro atoms. The van der Waals surface area contributed by atoms with Gasteiger partial charge in [0.2, 0.25) is 5.95 Å². The van der Waals surface area contributed by atoms with Crippen molar-refractivity contribution in [2.45, 2.75) is 37.7 Å². The molecule has 2 aliphatic heterocycles. The van der Waals surface area contributed by atoms with Crippen LogP contribution in [0.4, 0.5) is 33.7 Å². The van der Waals surface area contributed by atoms with Crippen molar-refractivity contribution in [1.82, 2.24) is 34.0 Å². The zero-order valence-corrected chi connectivity index (χ0v) is 19.5. The van der Waals surface area contributed by atoms with Gasteiger partial charge in [0.25, 0.3) is 5.92 Å². The van der Waals surface area contributed by atoms with Crippen molar-refractivity contribution in [3.8, 4) is 11.3 Å². The Labute approximate surface area is 206 Å². The number of rotatable bonds is 5. The van der Waals surface area contributed by atoms with Crippen LogP contribution in [0.2, 0.25) is 0 Å². The summed E-state index contributed by atoms with van der Waals surface area (Å²) in [6, 6.07) is 3.60. The molecular formula is C22H22F5N9O. The number of anilines is 2. The Morgan fingerprint density at radius 3 is 2.65 bits per heavy atom. The molecule has 4 aromatic heterocycles. The van der Waals surface area contributed by atoms with Crippen molar-refractivity contribution in [2.24, 2.45) is 0 Å². The maximum Gasteiger partial charge on any atom is 0.406 e. The van der Waals surface area contributed by atoms with E-state index >= 15 is 0 Å². The third kappa shape index (κ3) is 4.21. The van der Waals surface area contributed by atoms with Crippen molar-refractivity contribution < 1.29 is 26.7 Å². The van der Waals surface area contributed by atoms with Crippen LogP contribution in [0.5, 0.6) is 0 Å². The Balaban J connectivity index is 1.32. The molecule has 2 fully saturated rings. The average molecular weight is 523 g/mol. The molecule has 0 unspecified atom stereocenters. The number of aryl methyl sites for hydroxylation is 1. The lowest BCUT2D eigenvalue weighted by molar-refractivity contribution is -0.140. The monoisotopic (exact) mass is 523 g/mol. The number of pyridine rings is 1. The Kier molecular flexibility index (Phi) is 5.28. The van der Waals surface area contributed by atoms with Gasteiger partial charge in [0.15, 0.2) is 11.5 Å². The summed E-state index contributed by atoms with van der Waals surface area (Å²) in [5.41, 5.74) is 7.77. The molecule has 0 bridgehead atoms. The quantitative estimate of drug-likeness (QED) is 0.384. The highest BCUT2D eigenvalue weighted by atomic mass is 19.4. The molecule has 6 rings (SSSR count). The molecule has 0 aromatic carbocycles. The lowest BCUT2D eigenvalue weighted by Gasteiger charge is -2.34. The Bertz CT molecular complexity index is 1490. The second-order valence-corrected chi connectivity index (χ2v) is 9.32. The maximum atomic E-state index is 14.6. The third-order valence-electron chi connectivity index (χ3n) is 6.72. The zero-order valence-electron chi connectivity index (χ0n) is 19.5. The molecule has 2 aliphatic rings. The van der Waals surface area contributed by atoms with Crippen molar-refractivity contribution in [3.05, 3.63) is 30.2 Å². The molecule has 196 valence electrons. The van der Waals surface area contributed by atoms with Crippen molar-refractivity contribution in [1.29, 1.82) is 0 Å². The van der Waals surface area contributed by atoms with E-state index in [1.807, 2.05) is 0 Å². The number of nitrogens with two attached hydrogens (primary N) is 1. The molecule has 0 radical (unpaired) electrons. The predicted octanol–water partition coefficient (Wildman–Crippen LogP) is 2.72. The fourth-order valence-electron chi connectivity index (χ4n) is 4.79. The highest BCUT2D eigenvalue weighted by molar-refractivity contribution is 5.88. The van der Waals surface area contributed by atoms with E-state index in [1.165, 1.54) is 11.4 Å². The number of nitrogens with zero attached hydrogens (tertiary/aromatic N) is 7. The lowest BCUT2D eigenvalue weighted by atomic mass is 10.2. The summed E-state index contributed by atoms with van der Waals surface area (Å²) in [5.74, 6) is -2.87.